The molecule has 0 heterocycles. The Morgan fingerprint density at radius 1 is 1.12 bits per heavy atom. The second-order valence-electron chi connectivity index (χ2n) is 6.93. The van der Waals surface area contributed by atoms with Gasteiger partial charge in [-0.15, -0.1) is 11.8 Å². The fourth-order valence-electron chi connectivity index (χ4n) is 3.41. The van der Waals surface area contributed by atoms with Gasteiger partial charge in [0.2, 0.25) is 5.91 Å². The lowest BCUT2D eigenvalue weighted by Gasteiger charge is -2.22. The van der Waals surface area contributed by atoms with Crippen molar-refractivity contribution in [3.63, 3.8) is 0 Å². The van der Waals surface area contributed by atoms with E-state index in [2.05, 4.69) is 37.4 Å². The maximum Gasteiger partial charge on any atom is 0.233 e. The molecule has 0 saturated carbocycles. The Hall–Kier alpha value is -1.45. The molecule has 0 aromatic heterocycles. The molecule has 0 aliphatic heterocycles. The van der Waals surface area contributed by atoms with Crippen LogP contribution in [0.1, 0.15) is 55.8 Å². The van der Waals surface area contributed by atoms with Crippen LogP contribution in [0.5, 0.6) is 0 Å². The standard InChI is InChI=1S/C22H26ClNOS/c1-3-21(26-20-12-10-19(23)11-13-20)22(25)24-15(2)17-9-8-16-6-4-5-7-18(16)14-17/h8-15,21H,3-7H2,1-2H3,(H,24,25). The molecule has 2 unspecified atom stereocenters. The van der Waals surface area contributed by atoms with Crippen molar-refractivity contribution in [2.24, 2.45) is 0 Å². The number of nitrogens with one attached hydrogen (secondary N) is 1. The fourth-order valence-corrected chi connectivity index (χ4v) is 4.50. The summed E-state index contributed by atoms with van der Waals surface area (Å²) in [5.41, 5.74) is 4.13. The molecule has 0 saturated heterocycles. The van der Waals surface area contributed by atoms with Gasteiger partial charge in [0.15, 0.2) is 0 Å². The predicted molar refractivity (Wildman–Crippen MR) is 111 cm³/mol. The second-order valence-corrected chi connectivity index (χ2v) is 8.65. The van der Waals surface area contributed by atoms with Crippen molar-refractivity contribution in [2.75, 3.05) is 0 Å². The average Bonchev–Trinajstić information content (AvgIpc) is 2.67. The summed E-state index contributed by atoms with van der Waals surface area (Å²) in [5.74, 6) is 0.0951. The zero-order chi connectivity index (χ0) is 18.5. The molecule has 2 nitrogen and oxygen atoms in total. The number of carbonyl (C=O) groups excluding carboxylic acids is 1. The third kappa shape index (κ3) is 4.83. The average molecular weight is 388 g/mol. The van der Waals surface area contributed by atoms with Gasteiger partial charge in [-0.25, -0.2) is 0 Å². The number of hydrogen-bond acceptors (Lipinski definition) is 2. The molecule has 2 aromatic carbocycles. The van der Waals surface area contributed by atoms with Crippen molar-refractivity contribution in [3.8, 4) is 0 Å². The van der Waals surface area contributed by atoms with E-state index >= 15 is 0 Å². The van der Waals surface area contributed by atoms with E-state index in [0.29, 0.717) is 5.02 Å². The minimum absolute atomic E-state index is 0.0228. The number of hydrogen-bond donors (Lipinski definition) is 1. The molecule has 0 spiro atoms. The lowest BCUT2D eigenvalue weighted by molar-refractivity contribution is -0.121. The lowest BCUT2D eigenvalue weighted by atomic mass is 9.89. The monoisotopic (exact) mass is 387 g/mol. The van der Waals surface area contributed by atoms with Gasteiger partial charge in [0.1, 0.15) is 0 Å². The molecule has 3 rings (SSSR count). The van der Waals surface area contributed by atoms with Gasteiger partial charge >= 0.3 is 0 Å². The van der Waals surface area contributed by atoms with E-state index in [4.69, 9.17) is 11.6 Å². The number of rotatable bonds is 6. The van der Waals surface area contributed by atoms with Crippen LogP contribution >= 0.6 is 23.4 Å². The molecular formula is C22H26ClNOS. The second kappa shape index (κ2) is 8.96. The Morgan fingerprint density at radius 3 is 2.50 bits per heavy atom. The molecule has 1 amide bonds. The van der Waals surface area contributed by atoms with Gasteiger partial charge in [-0.1, -0.05) is 36.7 Å². The summed E-state index contributed by atoms with van der Waals surface area (Å²) in [7, 11) is 0. The summed E-state index contributed by atoms with van der Waals surface area (Å²) in [6, 6.07) is 14.4. The minimum Gasteiger partial charge on any atom is -0.349 e. The lowest BCUT2D eigenvalue weighted by Crippen LogP contribution is -2.34. The molecule has 4 heteroatoms. The van der Waals surface area contributed by atoms with Crippen molar-refractivity contribution in [1.29, 1.82) is 0 Å². The van der Waals surface area contributed by atoms with Crippen LogP contribution in [-0.4, -0.2) is 11.2 Å². The molecule has 138 valence electrons. The Bertz CT molecular complexity index is 759. The van der Waals surface area contributed by atoms with Crippen LogP contribution in [0.25, 0.3) is 0 Å². The van der Waals surface area contributed by atoms with Crippen molar-refractivity contribution in [1.82, 2.24) is 5.32 Å². The highest BCUT2D eigenvalue weighted by atomic mass is 35.5. The van der Waals surface area contributed by atoms with Crippen molar-refractivity contribution in [3.05, 3.63) is 64.2 Å². The van der Waals surface area contributed by atoms with E-state index in [9.17, 15) is 4.79 Å². The van der Waals surface area contributed by atoms with Crippen molar-refractivity contribution >= 4 is 29.3 Å². The van der Waals surface area contributed by atoms with Gasteiger partial charge in [0.25, 0.3) is 0 Å². The van der Waals surface area contributed by atoms with Crippen LogP contribution < -0.4 is 5.32 Å². The van der Waals surface area contributed by atoms with Crippen LogP contribution in [0.15, 0.2) is 47.4 Å². The van der Waals surface area contributed by atoms with E-state index in [1.165, 1.54) is 36.0 Å². The molecule has 1 aliphatic rings. The van der Waals surface area contributed by atoms with Crippen LogP contribution in [0, 0.1) is 0 Å². The molecule has 0 fully saturated rings. The zero-order valence-corrected chi connectivity index (χ0v) is 17.0. The van der Waals surface area contributed by atoms with Gasteiger partial charge in [-0.2, -0.15) is 0 Å². The molecule has 1 aliphatic carbocycles. The maximum atomic E-state index is 12.8. The highest BCUT2D eigenvalue weighted by Crippen LogP contribution is 2.28. The molecular weight excluding hydrogens is 362 g/mol. The van der Waals surface area contributed by atoms with Crippen LogP contribution in [-0.2, 0) is 17.6 Å². The fraction of sp³-hybridized carbons (Fsp3) is 0.409. The van der Waals surface area contributed by atoms with Crippen LogP contribution in [0.3, 0.4) is 0 Å². The first-order valence-electron chi connectivity index (χ1n) is 9.41. The van der Waals surface area contributed by atoms with Gasteiger partial charge in [-0.3, -0.25) is 4.79 Å². The Balaban J connectivity index is 1.64. The summed E-state index contributed by atoms with van der Waals surface area (Å²) >= 11 is 7.54. The normalized spacial score (nSPS) is 15.8. The van der Waals surface area contributed by atoms with E-state index in [1.807, 2.05) is 24.3 Å². The number of benzene rings is 2. The smallest absolute Gasteiger partial charge is 0.233 e. The largest absolute Gasteiger partial charge is 0.349 e. The minimum atomic E-state index is -0.101. The highest BCUT2D eigenvalue weighted by Gasteiger charge is 2.21. The van der Waals surface area contributed by atoms with Crippen LogP contribution in [0.2, 0.25) is 5.02 Å². The van der Waals surface area contributed by atoms with Gasteiger partial charge < -0.3 is 5.32 Å². The number of thioether (sulfide) groups is 1. The summed E-state index contributed by atoms with van der Waals surface area (Å²) < 4.78 is 0. The van der Waals surface area contributed by atoms with Gasteiger partial charge in [0.05, 0.1) is 11.3 Å². The number of aryl methyl sites for hydroxylation is 2. The van der Waals surface area contributed by atoms with Gasteiger partial charge in [-0.05, 0) is 80.0 Å². The summed E-state index contributed by atoms with van der Waals surface area (Å²) in [4.78, 5) is 13.8. The highest BCUT2D eigenvalue weighted by molar-refractivity contribution is 8.00. The molecule has 2 atom stereocenters. The summed E-state index contributed by atoms with van der Waals surface area (Å²) in [5, 5.41) is 3.81. The molecule has 1 N–H and O–H groups in total. The molecule has 2 aromatic rings. The molecule has 26 heavy (non-hydrogen) atoms. The van der Waals surface area contributed by atoms with Crippen molar-refractivity contribution in [2.45, 2.75) is 62.1 Å². The topological polar surface area (TPSA) is 29.1 Å². The Labute approximate surface area is 165 Å². The quantitative estimate of drug-likeness (QED) is 0.619. The third-order valence-electron chi connectivity index (χ3n) is 4.99. The number of halogens is 1. The van der Waals surface area contributed by atoms with E-state index in [-0.39, 0.29) is 17.2 Å². The molecule has 0 bridgehead atoms. The van der Waals surface area contributed by atoms with E-state index in [0.717, 1.165) is 17.7 Å². The first kappa shape index (κ1) is 19.3. The number of fused-ring (bicyclic) bond motifs is 1. The number of amides is 1. The third-order valence-corrected chi connectivity index (χ3v) is 6.61. The zero-order valence-electron chi connectivity index (χ0n) is 15.4. The predicted octanol–water partition coefficient (Wildman–Crippen LogP) is 5.97. The summed E-state index contributed by atoms with van der Waals surface area (Å²) in [6.07, 6.45) is 5.70. The van der Waals surface area contributed by atoms with Crippen molar-refractivity contribution < 1.29 is 4.79 Å². The summed E-state index contributed by atoms with van der Waals surface area (Å²) in [6.45, 7) is 4.12. The van der Waals surface area contributed by atoms with Crippen LogP contribution in [0.4, 0.5) is 0 Å². The Morgan fingerprint density at radius 2 is 1.81 bits per heavy atom. The van der Waals surface area contributed by atoms with E-state index in [1.54, 1.807) is 11.8 Å². The van der Waals surface area contributed by atoms with E-state index < -0.39 is 0 Å². The first-order valence-corrected chi connectivity index (χ1v) is 10.7. The number of carbonyl (C=O) groups is 1. The first-order chi connectivity index (χ1) is 12.6. The Kier molecular flexibility index (Phi) is 6.66. The SMILES string of the molecule is CCC(Sc1ccc(Cl)cc1)C(=O)NC(C)c1ccc2c(c1)CCCC2. The van der Waals surface area contributed by atoms with Gasteiger partial charge in [0, 0.05) is 9.92 Å². The maximum absolute atomic E-state index is 12.8. The molecule has 0 radical (unpaired) electrons.